The van der Waals surface area contributed by atoms with E-state index in [1.54, 1.807) is 24.3 Å². The van der Waals surface area contributed by atoms with E-state index in [4.69, 9.17) is 5.73 Å². The molecule has 4 unspecified atom stereocenters. The summed E-state index contributed by atoms with van der Waals surface area (Å²) in [6.45, 7) is 0.142. The van der Waals surface area contributed by atoms with Crippen LogP contribution >= 0.6 is 12.6 Å². The zero-order valence-electron chi connectivity index (χ0n) is 17.8. The average molecular weight is 481 g/mol. The number of rotatable bonds is 11. The van der Waals surface area contributed by atoms with Crippen LogP contribution in [0.2, 0.25) is 0 Å². The van der Waals surface area contributed by atoms with Crippen molar-refractivity contribution in [2.24, 2.45) is 5.73 Å². The van der Waals surface area contributed by atoms with Crippen LogP contribution in [-0.4, -0.2) is 81.2 Å². The van der Waals surface area contributed by atoms with E-state index in [1.807, 2.05) is 6.07 Å². The predicted octanol–water partition coefficient (Wildman–Crippen LogP) is -0.994. The molecule has 0 aromatic heterocycles. The summed E-state index contributed by atoms with van der Waals surface area (Å²) in [5.74, 6) is -4.92. The second kappa shape index (κ2) is 12.2. The van der Waals surface area contributed by atoms with Crippen LogP contribution in [0.15, 0.2) is 30.3 Å². The molecule has 6 N–H and O–H groups in total. The van der Waals surface area contributed by atoms with Crippen molar-refractivity contribution < 1.29 is 34.2 Å². The van der Waals surface area contributed by atoms with Gasteiger partial charge in [0.25, 0.3) is 0 Å². The van der Waals surface area contributed by atoms with Crippen LogP contribution < -0.4 is 16.4 Å². The number of benzene rings is 1. The third-order valence-electron chi connectivity index (χ3n) is 5.27. The molecule has 180 valence electrons. The Morgan fingerprint density at radius 3 is 2.27 bits per heavy atom. The SMILES string of the molecule is NC(Cc1ccccc1)C(=O)NC(CS)C(=O)NC(CC(=O)O)C(=O)N1CCCC1C(=O)O. The Hall–Kier alpha value is -3.12. The first-order valence-corrected chi connectivity index (χ1v) is 11.0. The van der Waals surface area contributed by atoms with E-state index in [0.717, 1.165) is 10.5 Å². The van der Waals surface area contributed by atoms with Gasteiger partial charge in [0.1, 0.15) is 18.1 Å². The van der Waals surface area contributed by atoms with Gasteiger partial charge in [-0.1, -0.05) is 30.3 Å². The van der Waals surface area contributed by atoms with Gasteiger partial charge in [0.2, 0.25) is 17.7 Å². The zero-order chi connectivity index (χ0) is 24.5. The minimum Gasteiger partial charge on any atom is -0.481 e. The van der Waals surface area contributed by atoms with Gasteiger partial charge in [-0.3, -0.25) is 19.2 Å². The van der Waals surface area contributed by atoms with Gasteiger partial charge in [-0.25, -0.2) is 4.79 Å². The van der Waals surface area contributed by atoms with E-state index in [9.17, 15) is 34.2 Å². The summed E-state index contributed by atoms with van der Waals surface area (Å²) in [6.07, 6.45) is 0.182. The number of carboxylic acids is 2. The second-order valence-electron chi connectivity index (χ2n) is 7.73. The minimum atomic E-state index is -1.49. The molecule has 1 aliphatic heterocycles. The number of nitrogens with two attached hydrogens (primary N) is 1. The molecule has 33 heavy (non-hydrogen) atoms. The molecule has 1 heterocycles. The lowest BCUT2D eigenvalue weighted by Gasteiger charge is -2.28. The largest absolute Gasteiger partial charge is 0.481 e. The summed E-state index contributed by atoms with van der Waals surface area (Å²) in [4.78, 5) is 61.7. The third kappa shape index (κ3) is 7.46. The Kier molecular flexibility index (Phi) is 9.67. The van der Waals surface area contributed by atoms with E-state index >= 15 is 0 Å². The van der Waals surface area contributed by atoms with Crippen molar-refractivity contribution in [2.45, 2.75) is 49.9 Å². The number of hydrogen-bond acceptors (Lipinski definition) is 7. The molecule has 12 heteroatoms. The molecule has 1 aliphatic rings. The summed E-state index contributed by atoms with van der Waals surface area (Å²) in [6, 6.07) is 4.35. The number of amides is 3. The molecule has 11 nitrogen and oxygen atoms in total. The number of nitrogens with zero attached hydrogens (tertiary/aromatic N) is 1. The molecule has 1 fully saturated rings. The van der Waals surface area contributed by atoms with Gasteiger partial charge in [0.15, 0.2) is 0 Å². The third-order valence-corrected chi connectivity index (χ3v) is 5.63. The molecule has 1 saturated heterocycles. The van der Waals surface area contributed by atoms with Crippen molar-refractivity contribution in [3.8, 4) is 0 Å². The molecule has 1 aromatic rings. The standard InChI is InChI=1S/C21H28N4O7S/c22-13(9-12-5-2-1-3-6-12)18(28)24-15(11-33)19(29)23-14(10-17(26)27)20(30)25-8-4-7-16(25)21(31)32/h1-3,5-6,13-16,33H,4,7-11,22H2,(H,23,29)(H,24,28)(H,26,27)(H,31,32). The number of aliphatic carboxylic acids is 2. The zero-order valence-corrected chi connectivity index (χ0v) is 18.7. The maximum atomic E-state index is 12.8. The predicted molar refractivity (Wildman–Crippen MR) is 120 cm³/mol. The minimum absolute atomic E-state index is 0.134. The van der Waals surface area contributed by atoms with Crippen LogP contribution in [0.25, 0.3) is 0 Å². The monoisotopic (exact) mass is 480 g/mol. The maximum Gasteiger partial charge on any atom is 0.326 e. The summed E-state index contributed by atoms with van der Waals surface area (Å²) < 4.78 is 0. The van der Waals surface area contributed by atoms with Crippen molar-refractivity contribution >= 4 is 42.3 Å². The van der Waals surface area contributed by atoms with Gasteiger partial charge in [0, 0.05) is 12.3 Å². The van der Waals surface area contributed by atoms with Gasteiger partial charge in [-0.15, -0.1) is 0 Å². The Bertz CT molecular complexity index is 883. The fourth-order valence-corrected chi connectivity index (χ4v) is 3.83. The first-order chi connectivity index (χ1) is 15.6. The molecule has 0 aliphatic carbocycles. The van der Waals surface area contributed by atoms with Gasteiger partial charge in [-0.05, 0) is 24.8 Å². The number of carbonyl (C=O) groups excluding carboxylic acids is 3. The van der Waals surface area contributed by atoms with Crippen LogP contribution in [-0.2, 0) is 30.4 Å². The van der Waals surface area contributed by atoms with E-state index < -0.39 is 60.2 Å². The number of carbonyl (C=O) groups is 5. The van der Waals surface area contributed by atoms with Gasteiger partial charge < -0.3 is 31.5 Å². The van der Waals surface area contributed by atoms with Crippen molar-refractivity contribution in [1.82, 2.24) is 15.5 Å². The lowest BCUT2D eigenvalue weighted by molar-refractivity contribution is -0.150. The molecule has 0 radical (unpaired) electrons. The van der Waals surface area contributed by atoms with Crippen LogP contribution in [0, 0.1) is 0 Å². The summed E-state index contributed by atoms with van der Waals surface area (Å²) in [5.41, 5.74) is 6.76. The quantitative estimate of drug-likeness (QED) is 0.218. The van der Waals surface area contributed by atoms with Crippen molar-refractivity contribution in [3.05, 3.63) is 35.9 Å². The fourth-order valence-electron chi connectivity index (χ4n) is 3.57. The summed E-state index contributed by atoms with van der Waals surface area (Å²) in [5, 5.41) is 23.3. The number of thiol groups is 1. The van der Waals surface area contributed by atoms with E-state index in [2.05, 4.69) is 23.3 Å². The Balaban J connectivity index is 2.04. The van der Waals surface area contributed by atoms with Gasteiger partial charge in [-0.2, -0.15) is 12.6 Å². The molecule has 1 aromatic carbocycles. The number of nitrogens with one attached hydrogen (secondary N) is 2. The molecule has 0 bridgehead atoms. The number of likely N-dealkylation sites (tertiary alicyclic amines) is 1. The molecular formula is C21H28N4O7S. The highest BCUT2D eigenvalue weighted by molar-refractivity contribution is 7.80. The Morgan fingerprint density at radius 2 is 1.70 bits per heavy atom. The topological polar surface area (TPSA) is 179 Å². The van der Waals surface area contributed by atoms with Crippen molar-refractivity contribution in [3.63, 3.8) is 0 Å². The first kappa shape index (κ1) is 26.1. The molecule has 4 atom stereocenters. The number of carboxylic acid groups (broad SMARTS) is 2. The van der Waals surface area contributed by atoms with Crippen LogP contribution in [0.4, 0.5) is 0 Å². The molecular weight excluding hydrogens is 452 g/mol. The highest BCUT2D eigenvalue weighted by atomic mass is 32.1. The normalized spacial score (nSPS) is 18.1. The highest BCUT2D eigenvalue weighted by Crippen LogP contribution is 2.19. The highest BCUT2D eigenvalue weighted by Gasteiger charge is 2.39. The molecule has 3 amide bonds. The average Bonchev–Trinajstić information content (AvgIpc) is 3.27. The smallest absolute Gasteiger partial charge is 0.326 e. The molecule has 2 rings (SSSR count). The van der Waals surface area contributed by atoms with E-state index in [0.29, 0.717) is 6.42 Å². The molecule has 0 spiro atoms. The van der Waals surface area contributed by atoms with Gasteiger partial charge >= 0.3 is 11.9 Å². The second-order valence-corrected chi connectivity index (χ2v) is 8.09. The van der Waals surface area contributed by atoms with Crippen LogP contribution in [0.1, 0.15) is 24.8 Å². The Morgan fingerprint density at radius 1 is 1.06 bits per heavy atom. The lowest BCUT2D eigenvalue weighted by Crippen LogP contribution is -2.58. The van der Waals surface area contributed by atoms with Crippen molar-refractivity contribution in [1.29, 1.82) is 0 Å². The summed E-state index contributed by atoms with van der Waals surface area (Å²) in [7, 11) is 0. The van der Waals surface area contributed by atoms with E-state index in [1.165, 1.54) is 0 Å². The van der Waals surface area contributed by atoms with Gasteiger partial charge in [0.05, 0.1) is 12.5 Å². The van der Waals surface area contributed by atoms with Crippen LogP contribution in [0.5, 0.6) is 0 Å². The first-order valence-electron chi connectivity index (χ1n) is 10.4. The Labute approximate surface area is 196 Å². The fraction of sp³-hybridized carbons (Fsp3) is 0.476. The summed E-state index contributed by atoms with van der Waals surface area (Å²) >= 11 is 4.06. The van der Waals surface area contributed by atoms with E-state index in [-0.39, 0.29) is 25.1 Å². The van der Waals surface area contributed by atoms with Crippen LogP contribution in [0.3, 0.4) is 0 Å². The van der Waals surface area contributed by atoms with Crippen molar-refractivity contribution in [2.75, 3.05) is 12.3 Å². The maximum absolute atomic E-state index is 12.8. The molecule has 0 saturated carbocycles. The number of hydrogen-bond donors (Lipinski definition) is 6. The lowest BCUT2D eigenvalue weighted by atomic mass is 10.1.